The van der Waals surface area contributed by atoms with Crippen LogP contribution in [0.4, 0.5) is 0 Å². The molecule has 0 radical (unpaired) electrons. The maximum Gasteiger partial charge on any atom is -0.0771 e. The van der Waals surface area contributed by atoms with Crippen molar-refractivity contribution in [3.63, 3.8) is 0 Å². The second-order valence-corrected chi connectivity index (χ2v) is 6.78. The number of halogens is 2. The summed E-state index contributed by atoms with van der Waals surface area (Å²) in [4.78, 5) is 0. The Labute approximate surface area is 184 Å². The number of rotatable bonds is 0. The van der Waals surface area contributed by atoms with Crippen molar-refractivity contribution in [2.45, 2.75) is 27.2 Å². The molecule has 3 aromatic carbocycles. The predicted molar refractivity (Wildman–Crippen MR) is 104 cm³/mol. The standard InChI is InChI=1S/C13H9.C9H13.CH2.2ClH.Zr/c1-3-7-12-10(5-1)9-11-6-2-4-8-13(11)12;1-9(2,3)8-6-4-5-7-8;;;;/h1-9H;6-7H,4H2,1-3H3;1H2;2*1H;/q2*-1;;;;+2/p-2. The molecule has 0 amide bonds. The molecule has 3 heteroatoms. The Morgan fingerprint density at radius 3 is 1.69 bits per heavy atom. The second-order valence-electron chi connectivity index (χ2n) is 6.78. The monoisotopic (exact) mass is 460 g/mol. The van der Waals surface area contributed by atoms with Gasteiger partial charge in [-0.05, 0) is 0 Å². The van der Waals surface area contributed by atoms with Crippen molar-refractivity contribution in [1.82, 2.24) is 0 Å². The van der Waals surface area contributed by atoms with Gasteiger partial charge in [-0.25, -0.2) is 6.08 Å². The molecule has 0 saturated heterocycles. The topological polar surface area (TPSA) is 0 Å². The summed E-state index contributed by atoms with van der Waals surface area (Å²) in [6.45, 7) is 6.67. The number of fused-ring (bicyclic) bond motifs is 3. The molecule has 0 aromatic heterocycles. The zero-order valence-electron chi connectivity index (χ0n) is 15.5. The summed E-state index contributed by atoms with van der Waals surface area (Å²) in [6.07, 6.45) is 8.50. The third-order valence-electron chi connectivity index (χ3n) is 4.09. The Hall–Kier alpha value is -0.877. The minimum Gasteiger partial charge on any atom is -1.00 e. The Bertz CT molecular complexity index is 816. The zero-order chi connectivity index (χ0) is 17.6. The van der Waals surface area contributed by atoms with E-state index in [1.165, 1.54) is 51.4 Å². The van der Waals surface area contributed by atoms with E-state index in [4.69, 9.17) is 0 Å². The third-order valence-corrected chi connectivity index (χ3v) is 4.09. The van der Waals surface area contributed by atoms with Gasteiger partial charge in [-0.15, -0.1) is 46.2 Å². The minimum absolute atomic E-state index is 0. The Balaban J connectivity index is 0.000000431. The van der Waals surface area contributed by atoms with Crippen molar-refractivity contribution in [2.24, 2.45) is 5.41 Å². The predicted octanol–water partition coefficient (Wildman–Crippen LogP) is 0.407. The molecular weight excluding hydrogens is 438 g/mol. The molecule has 4 rings (SSSR count). The van der Waals surface area contributed by atoms with Crippen LogP contribution in [-0.4, -0.2) is 4.21 Å². The van der Waals surface area contributed by atoms with E-state index in [0.717, 1.165) is 6.42 Å². The number of hydrogen-bond acceptors (Lipinski definition) is 0. The fourth-order valence-electron chi connectivity index (χ4n) is 2.82. The Kier molecular flexibility index (Phi) is 11.4. The number of benzene rings is 2. The van der Waals surface area contributed by atoms with E-state index in [9.17, 15) is 0 Å². The Morgan fingerprint density at radius 1 is 0.885 bits per heavy atom. The van der Waals surface area contributed by atoms with Gasteiger partial charge in [0.2, 0.25) is 0 Å². The van der Waals surface area contributed by atoms with Crippen LogP contribution in [-0.2, 0) is 24.2 Å². The molecule has 0 atom stereocenters. The van der Waals surface area contributed by atoms with Gasteiger partial charge in [-0.2, -0.15) is 11.6 Å². The molecule has 0 unspecified atom stereocenters. The van der Waals surface area contributed by atoms with Gasteiger partial charge in [0.25, 0.3) is 0 Å². The molecule has 0 spiro atoms. The van der Waals surface area contributed by atoms with E-state index in [0.29, 0.717) is 5.41 Å². The van der Waals surface area contributed by atoms with Crippen molar-refractivity contribution < 1.29 is 49.0 Å². The largest absolute Gasteiger partial charge is 1.00 e. The smallest absolute Gasteiger partial charge is 0.0771 e. The average molecular weight is 463 g/mol. The maximum atomic E-state index is 3.34. The van der Waals surface area contributed by atoms with Crippen LogP contribution in [0.1, 0.15) is 27.2 Å². The zero-order valence-corrected chi connectivity index (χ0v) is 19.5. The molecule has 0 nitrogen and oxygen atoms in total. The van der Waals surface area contributed by atoms with Crippen LogP contribution >= 0.6 is 0 Å². The van der Waals surface area contributed by atoms with Crippen LogP contribution in [0, 0.1) is 11.5 Å². The summed E-state index contributed by atoms with van der Waals surface area (Å²) in [5.74, 6) is 0. The summed E-state index contributed by atoms with van der Waals surface area (Å²) in [7, 11) is 0. The molecule has 1 aliphatic rings. The number of hydrogen-bond donors (Lipinski definition) is 0. The number of allylic oxidation sites excluding steroid dienone is 4. The van der Waals surface area contributed by atoms with Crippen molar-refractivity contribution in [3.8, 4) is 0 Å². The molecule has 0 N–H and O–H groups in total. The Morgan fingerprint density at radius 2 is 1.35 bits per heavy atom. The van der Waals surface area contributed by atoms with Crippen molar-refractivity contribution in [1.29, 1.82) is 0 Å². The van der Waals surface area contributed by atoms with Gasteiger partial charge in [-0.3, -0.25) is 6.08 Å². The average Bonchev–Trinajstić information content (AvgIpc) is 3.25. The van der Waals surface area contributed by atoms with Gasteiger partial charge in [0.1, 0.15) is 0 Å². The van der Waals surface area contributed by atoms with Gasteiger partial charge in [0, 0.05) is 0 Å². The van der Waals surface area contributed by atoms with Gasteiger partial charge in [-0.1, -0.05) is 62.6 Å². The molecule has 0 fully saturated rings. The SMILES string of the molecule is CC(C)(C)C1=CC[C-]=C1.[CH2]=[Zr+2].[Cl-].[Cl-].c1ccc2c(c1)[cH-]c1ccccc12. The first-order valence-corrected chi connectivity index (χ1v) is 9.95. The minimum atomic E-state index is 0. The summed E-state index contributed by atoms with van der Waals surface area (Å²) in [5, 5.41) is 5.39. The molecule has 0 saturated carbocycles. The summed E-state index contributed by atoms with van der Waals surface area (Å²) in [6, 6.07) is 19.3. The molecule has 3 aromatic rings. The van der Waals surface area contributed by atoms with Gasteiger partial charge in [0.15, 0.2) is 0 Å². The molecule has 1 aliphatic carbocycles. The van der Waals surface area contributed by atoms with Gasteiger partial charge >= 0.3 is 28.4 Å². The van der Waals surface area contributed by atoms with Gasteiger partial charge in [0.05, 0.1) is 0 Å². The summed E-state index contributed by atoms with van der Waals surface area (Å²) >= 11 is 1.30. The first-order chi connectivity index (χ1) is 11.6. The van der Waals surface area contributed by atoms with Crippen LogP contribution in [0.25, 0.3) is 21.5 Å². The maximum absolute atomic E-state index is 3.34. The van der Waals surface area contributed by atoms with E-state index in [2.05, 4.69) is 97.8 Å². The molecule has 0 bridgehead atoms. The molecule has 136 valence electrons. The fourth-order valence-corrected chi connectivity index (χ4v) is 2.82. The van der Waals surface area contributed by atoms with Crippen molar-refractivity contribution >= 4 is 25.8 Å². The van der Waals surface area contributed by atoms with E-state index in [1.54, 1.807) is 0 Å². The van der Waals surface area contributed by atoms with E-state index in [-0.39, 0.29) is 24.8 Å². The normalized spacial score (nSPS) is 12.1. The van der Waals surface area contributed by atoms with Crippen molar-refractivity contribution in [3.05, 3.63) is 78.4 Å². The third kappa shape index (κ3) is 6.38. The van der Waals surface area contributed by atoms with Crippen LogP contribution in [0.5, 0.6) is 0 Å². The van der Waals surface area contributed by atoms with E-state index >= 15 is 0 Å². The summed E-state index contributed by atoms with van der Waals surface area (Å²) in [5.41, 5.74) is 1.74. The van der Waals surface area contributed by atoms with Crippen LogP contribution < -0.4 is 24.8 Å². The van der Waals surface area contributed by atoms with E-state index < -0.39 is 0 Å². The quantitative estimate of drug-likeness (QED) is 0.425. The molecular formula is C23H24Cl2Zr-2. The molecule has 26 heavy (non-hydrogen) atoms. The van der Waals surface area contributed by atoms with Crippen LogP contribution in [0.3, 0.4) is 0 Å². The van der Waals surface area contributed by atoms with Crippen molar-refractivity contribution in [2.75, 3.05) is 0 Å². The second kappa shape index (κ2) is 11.8. The van der Waals surface area contributed by atoms with E-state index in [1.807, 2.05) is 0 Å². The first-order valence-electron chi connectivity index (χ1n) is 8.21. The fraction of sp³-hybridized carbons (Fsp3) is 0.217. The van der Waals surface area contributed by atoms with Gasteiger partial charge < -0.3 is 24.8 Å². The molecule has 0 heterocycles. The molecule has 0 aliphatic heterocycles. The first kappa shape index (κ1) is 25.1. The summed E-state index contributed by atoms with van der Waals surface area (Å²) < 4.78 is 3.34. The van der Waals surface area contributed by atoms with Crippen LogP contribution in [0.2, 0.25) is 0 Å². The van der Waals surface area contributed by atoms with Crippen LogP contribution in [0.15, 0.2) is 72.3 Å².